The summed E-state index contributed by atoms with van der Waals surface area (Å²) in [4.78, 5) is 11.7. The topological polar surface area (TPSA) is 62.1 Å². The Morgan fingerprint density at radius 1 is 1.35 bits per heavy atom. The van der Waals surface area contributed by atoms with Gasteiger partial charge in [-0.2, -0.15) is 5.26 Å². The van der Waals surface area contributed by atoms with E-state index in [2.05, 4.69) is 11.4 Å². The van der Waals surface area contributed by atoms with Crippen molar-refractivity contribution in [3.8, 4) is 6.07 Å². The highest BCUT2D eigenvalue weighted by Gasteiger charge is 2.33. The fourth-order valence-electron chi connectivity index (χ4n) is 2.16. The molecule has 0 unspecified atom stereocenters. The van der Waals surface area contributed by atoms with Crippen molar-refractivity contribution in [2.45, 2.75) is 57.4 Å². The molecule has 0 spiro atoms. The standard InChI is InChI=1S/C13H22N2O2/c1-2-9-17-10-6-12(16)15-13(11-14)7-4-3-5-8-13/h2-10H2,1H3,(H,15,16). The van der Waals surface area contributed by atoms with Crippen LogP contribution >= 0.6 is 0 Å². The number of carbonyl (C=O) groups excluding carboxylic acids is 1. The smallest absolute Gasteiger partial charge is 0.223 e. The van der Waals surface area contributed by atoms with Crippen LogP contribution in [-0.2, 0) is 9.53 Å². The zero-order valence-corrected chi connectivity index (χ0v) is 10.6. The molecule has 1 amide bonds. The molecule has 0 heterocycles. The van der Waals surface area contributed by atoms with Gasteiger partial charge < -0.3 is 10.1 Å². The first-order chi connectivity index (χ1) is 8.22. The van der Waals surface area contributed by atoms with Crippen molar-refractivity contribution in [3.63, 3.8) is 0 Å². The molecule has 1 aliphatic carbocycles. The summed E-state index contributed by atoms with van der Waals surface area (Å²) in [7, 11) is 0. The zero-order chi connectivity index (χ0) is 12.6. The van der Waals surface area contributed by atoms with Gasteiger partial charge in [0.25, 0.3) is 0 Å². The van der Waals surface area contributed by atoms with E-state index < -0.39 is 5.54 Å². The lowest BCUT2D eigenvalue weighted by molar-refractivity contribution is -0.123. The lowest BCUT2D eigenvalue weighted by Gasteiger charge is -2.31. The number of ether oxygens (including phenoxy) is 1. The number of nitriles is 1. The molecule has 0 aromatic carbocycles. The van der Waals surface area contributed by atoms with Crippen LogP contribution in [0.4, 0.5) is 0 Å². The minimum absolute atomic E-state index is 0.0652. The SMILES string of the molecule is CCCOCCC(=O)NC1(C#N)CCCCC1. The summed E-state index contributed by atoms with van der Waals surface area (Å²) in [6, 6.07) is 2.28. The lowest BCUT2D eigenvalue weighted by atomic mass is 9.83. The summed E-state index contributed by atoms with van der Waals surface area (Å²) >= 11 is 0. The van der Waals surface area contributed by atoms with Crippen molar-refractivity contribution in [1.82, 2.24) is 5.32 Å². The van der Waals surface area contributed by atoms with Crippen LogP contribution in [-0.4, -0.2) is 24.7 Å². The number of hydrogen-bond acceptors (Lipinski definition) is 3. The Bertz CT molecular complexity index is 278. The Balaban J connectivity index is 2.30. The van der Waals surface area contributed by atoms with Crippen LogP contribution in [0.15, 0.2) is 0 Å². The highest BCUT2D eigenvalue weighted by atomic mass is 16.5. The third kappa shape index (κ3) is 4.74. The average molecular weight is 238 g/mol. The van der Waals surface area contributed by atoms with E-state index >= 15 is 0 Å². The molecule has 0 saturated heterocycles. The summed E-state index contributed by atoms with van der Waals surface area (Å²) in [6.45, 7) is 3.17. The molecule has 1 saturated carbocycles. The van der Waals surface area contributed by atoms with Gasteiger partial charge in [0, 0.05) is 6.61 Å². The van der Waals surface area contributed by atoms with E-state index in [1.54, 1.807) is 0 Å². The molecule has 0 aromatic heterocycles. The van der Waals surface area contributed by atoms with Gasteiger partial charge in [0.15, 0.2) is 0 Å². The van der Waals surface area contributed by atoms with E-state index in [-0.39, 0.29) is 5.91 Å². The van der Waals surface area contributed by atoms with E-state index in [4.69, 9.17) is 4.74 Å². The second kappa shape index (κ2) is 7.29. The monoisotopic (exact) mass is 238 g/mol. The van der Waals surface area contributed by atoms with Gasteiger partial charge >= 0.3 is 0 Å². The lowest BCUT2D eigenvalue weighted by Crippen LogP contribution is -2.48. The summed E-state index contributed by atoms with van der Waals surface area (Å²) in [5.74, 6) is -0.0652. The van der Waals surface area contributed by atoms with E-state index in [1.807, 2.05) is 6.92 Å². The summed E-state index contributed by atoms with van der Waals surface area (Å²) in [5.41, 5.74) is -0.611. The van der Waals surface area contributed by atoms with Crippen molar-refractivity contribution in [2.75, 3.05) is 13.2 Å². The quantitative estimate of drug-likeness (QED) is 0.721. The molecule has 96 valence electrons. The zero-order valence-electron chi connectivity index (χ0n) is 10.6. The van der Waals surface area contributed by atoms with Crippen molar-refractivity contribution in [2.24, 2.45) is 0 Å². The average Bonchev–Trinajstić information content (AvgIpc) is 2.36. The van der Waals surface area contributed by atoms with Gasteiger partial charge in [-0.15, -0.1) is 0 Å². The Labute approximate surface area is 103 Å². The molecule has 4 heteroatoms. The minimum Gasteiger partial charge on any atom is -0.381 e. The maximum Gasteiger partial charge on any atom is 0.223 e. The molecular formula is C13H22N2O2. The fourth-order valence-corrected chi connectivity index (χ4v) is 2.16. The molecule has 4 nitrogen and oxygen atoms in total. The molecule has 1 aliphatic rings. The van der Waals surface area contributed by atoms with E-state index in [0.29, 0.717) is 19.6 Å². The minimum atomic E-state index is -0.611. The number of carbonyl (C=O) groups is 1. The molecule has 1 rings (SSSR count). The molecule has 17 heavy (non-hydrogen) atoms. The van der Waals surface area contributed by atoms with Gasteiger partial charge in [0.05, 0.1) is 19.1 Å². The first-order valence-corrected chi connectivity index (χ1v) is 6.52. The number of hydrogen-bond donors (Lipinski definition) is 1. The Morgan fingerprint density at radius 2 is 2.06 bits per heavy atom. The van der Waals surface area contributed by atoms with Crippen molar-refractivity contribution in [1.29, 1.82) is 5.26 Å². The third-order valence-corrected chi connectivity index (χ3v) is 3.12. The largest absolute Gasteiger partial charge is 0.381 e. The molecule has 0 aliphatic heterocycles. The number of amides is 1. The number of rotatable bonds is 6. The van der Waals surface area contributed by atoms with E-state index in [0.717, 1.165) is 32.1 Å². The molecular weight excluding hydrogens is 216 g/mol. The normalized spacial score (nSPS) is 18.4. The summed E-state index contributed by atoms with van der Waals surface area (Å²) in [6.07, 6.45) is 6.10. The Morgan fingerprint density at radius 3 is 2.65 bits per heavy atom. The van der Waals surface area contributed by atoms with Crippen LogP contribution in [0.3, 0.4) is 0 Å². The van der Waals surface area contributed by atoms with Crippen LogP contribution in [0.1, 0.15) is 51.9 Å². The summed E-state index contributed by atoms with van der Waals surface area (Å²) < 4.78 is 5.27. The summed E-state index contributed by atoms with van der Waals surface area (Å²) in [5, 5.41) is 12.1. The van der Waals surface area contributed by atoms with Gasteiger partial charge in [0.1, 0.15) is 5.54 Å². The van der Waals surface area contributed by atoms with Gasteiger partial charge in [0.2, 0.25) is 5.91 Å². The Kier molecular flexibility index (Phi) is 5.99. The van der Waals surface area contributed by atoms with Crippen LogP contribution < -0.4 is 5.32 Å². The van der Waals surface area contributed by atoms with Crippen LogP contribution in [0, 0.1) is 11.3 Å². The van der Waals surface area contributed by atoms with E-state index in [1.165, 1.54) is 6.42 Å². The molecule has 1 N–H and O–H groups in total. The van der Waals surface area contributed by atoms with E-state index in [9.17, 15) is 10.1 Å². The van der Waals surface area contributed by atoms with Gasteiger partial charge in [-0.1, -0.05) is 26.2 Å². The molecule has 0 aromatic rings. The first-order valence-electron chi connectivity index (χ1n) is 6.52. The van der Waals surface area contributed by atoms with Gasteiger partial charge in [-0.3, -0.25) is 4.79 Å². The predicted octanol–water partition coefficient (Wildman–Crippen LogP) is 2.15. The molecule has 0 radical (unpaired) electrons. The van der Waals surface area contributed by atoms with Crippen LogP contribution in [0.5, 0.6) is 0 Å². The molecule has 0 atom stereocenters. The first kappa shape index (κ1) is 14.0. The van der Waals surface area contributed by atoms with Crippen molar-refractivity contribution < 1.29 is 9.53 Å². The number of nitrogens with one attached hydrogen (secondary N) is 1. The third-order valence-electron chi connectivity index (χ3n) is 3.12. The maximum absolute atomic E-state index is 11.7. The molecule has 0 bridgehead atoms. The van der Waals surface area contributed by atoms with Crippen LogP contribution in [0.25, 0.3) is 0 Å². The predicted molar refractivity (Wildman–Crippen MR) is 65.3 cm³/mol. The van der Waals surface area contributed by atoms with Crippen molar-refractivity contribution >= 4 is 5.91 Å². The van der Waals surface area contributed by atoms with Gasteiger partial charge in [-0.05, 0) is 19.3 Å². The second-order valence-electron chi connectivity index (χ2n) is 4.67. The maximum atomic E-state index is 11.7. The fraction of sp³-hybridized carbons (Fsp3) is 0.846. The Hall–Kier alpha value is -1.08. The van der Waals surface area contributed by atoms with Crippen LogP contribution in [0.2, 0.25) is 0 Å². The second-order valence-corrected chi connectivity index (χ2v) is 4.67. The molecule has 1 fully saturated rings. The highest BCUT2D eigenvalue weighted by Crippen LogP contribution is 2.27. The highest BCUT2D eigenvalue weighted by molar-refractivity contribution is 5.77. The number of nitrogens with zero attached hydrogens (tertiary/aromatic N) is 1. The van der Waals surface area contributed by atoms with Gasteiger partial charge in [-0.25, -0.2) is 0 Å². The van der Waals surface area contributed by atoms with Crippen molar-refractivity contribution in [3.05, 3.63) is 0 Å².